The normalized spacial score (nSPS) is 25.3. The van der Waals surface area contributed by atoms with Crippen LogP contribution in [0.4, 0.5) is 5.95 Å². The summed E-state index contributed by atoms with van der Waals surface area (Å²) in [5.74, 6) is 0.993. The van der Waals surface area contributed by atoms with Crippen LogP contribution in [-0.2, 0) is 11.2 Å². The summed E-state index contributed by atoms with van der Waals surface area (Å²) in [6.45, 7) is 3.97. The molecule has 1 aromatic heterocycles. The first-order chi connectivity index (χ1) is 8.67. The number of anilines is 1. The van der Waals surface area contributed by atoms with Crippen molar-refractivity contribution in [1.29, 1.82) is 0 Å². The highest BCUT2D eigenvalue weighted by Crippen LogP contribution is 2.22. The van der Waals surface area contributed by atoms with Gasteiger partial charge in [0.1, 0.15) is 0 Å². The van der Waals surface area contributed by atoms with Crippen LogP contribution in [-0.4, -0.2) is 35.2 Å². The third kappa shape index (κ3) is 2.38. The molecule has 0 aromatic carbocycles. The van der Waals surface area contributed by atoms with Gasteiger partial charge < -0.3 is 9.84 Å². The Hall–Kier alpha value is -1.43. The number of amides is 1. The van der Waals surface area contributed by atoms with Gasteiger partial charge in [-0.2, -0.15) is 4.98 Å². The van der Waals surface area contributed by atoms with E-state index in [1.54, 1.807) is 4.90 Å². The van der Waals surface area contributed by atoms with Crippen molar-refractivity contribution < 1.29 is 9.32 Å². The Labute approximate surface area is 107 Å². The van der Waals surface area contributed by atoms with E-state index in [0.29, 0.717) is 18.3 Å². The van der Waals surface area contributed by atoms with Gasteiger partial charge >= 0.3 is 0 Å². The summed E-state index contributed by atoms with van der Waals surface area (Å²) in [6.07, 6.45) is 3.51. The number of hydrogen-bond donors (Lipinski definition) is 1. The summed E-state index contributed by atoms with van der Waals surface area (Å²) in [7, 11) is 1.81. The molecule has 1 N–H and O–H groups in total. The van der Waals surface area contributed by atoms with Crippen molar-refractivity contribution in [2.45, 2.75) is 51.6 Å². The van der Waals surface area contributed by atoms with E-state index in [4.69, 9.17) is 4.52 Å². The topological polar surface area (TPSA) is 71.3 Å². The molecular formula is C12H20N4O2. The zero-order valence-electron chi connectivity index (χ0n) is 11.1. The molecule has 1 fully saturated rings. The van der Waals surface area contributed by atoms with Crippen molar-refractivity contribution in [3.05, 3.63) is 5.89 Å². The van der Waals surface area contributed by atoms with Crippen LogP contribution in [0.5, 0.6) is 0 Å². The monoisotopic (exact) mass is 252 g/mol. The minimum absolute atomic E-state index is 0.0333. The molecular weight excluding hydrogens is 232 g/mol. The first kappa shape index (κ1) is 13.0. The maximum absolute atomic E-state index is 12.4. The van der Waals surface area contributed by atoms with E-state index in [2.05, 4.69) is 15.5 Å². The SMILES string of the molecule is CCc1nc(N2C(=O)C(NC)CCCC2C)no1. The Morgan fingerprint density at radius 1 is 1.50 bits per heavy atom. The van der Waals surface area contributed by atoms with E-state index in [-0.39, 0.29) is 18.0 Å². The van der Waals surface area contributed by atoms with Crippen molar-refractivity contribution in [2.75, 3.05) is 11.9 Å². The Morgan fingerprint density at radius 3 is 2.89 bits per heavy atom. The second-order valence-corrected chi connectivity index (χ2v) is 4.67. The van der Waals surface area contributed by atoms with Crippen LogP contribution in [0.25, 0.3) is 0 Å². The first-order valence-corrected chi connectivity index (χ1v) is 6.50. The number of aryl methyl sites for hydroxylation is 1. The van der Waals surface area contributed by atoms with Crippen LogP contribution in [0.1, 0.15) is 39.0 Å². The Kier molecular flexibility index (Phi) is 3.96. The quantitative estimate of drug-likeness (QED) is 0.873. The summed E-state index contributed by atoms with van der Waals surface area (Å²) in [6, 6.07) is -0.0447. The van der Waals surface area contributed by atoms with Gasteiger partial charge in [0.05, 0.1) is 6.04 Å². The van der Waals surface area contributed by atoms with Gasteiger partial charge in [-0.25, -0.2) is 0 Å². The number of nitrogens with one attached hydrogen (secondary N) is 1. The Balaban J connectivity index is 2.28. The van der Waals surface area contributed by atoms with Gasteiger partial charge in [0, 0.05) is 12.5 Å². The molecule has 6 nitrogen and oxygen atoms in total. The van der Waals surface area contributed by atoms with Gasteiger partial charge in [-0.15, -0.1) is 0 Å². The third-order valence-electron chi connectivity index (χ3n) is 3.41. The lowest BCUT2D eigenvalue weighted by atomic mass is 10.1. The number of carbonyl (C=O) groups excluding carboxylic acids is 1. The molecule has 1 aliphatic heterocycles. The fraction of sp³-hybridized carbons (Fsp3) is 0.750. The maximum Gasteiger partial charge on any atom is 0.273 e. The minimum atomic E-state index is -0.154. The van der Waals surface area contributed by atoms with E-state index in [1.807, 2.05) is 20.9 Å². The van der Waals surface area contributed by atoms with E-state index in [1.165, 1.54) is 0 Å². The van der Waals surface area contributed by atoms with Crippen LogP contribution in [0, 0.1) is 0 Å². The standard InChI is InChI=1S/C12H20N4O2/c1-4-10-14-12(15-18-10)16-8(2)6-5-7-9(13-3)11(16)17/h8-9,13H,4-7H2,1-3H3. The molecule has 0 saturated carbocycles. The predicted molar refractivity (Wildman–Crippen MR) is 67.3 cm³/mol. The van der Waals surface area contributed by atoms with E-state index in [0.717, 1.165) is 19.3 Å². The molecule has 1 aromatic rings. The first-order valence-electron chi connectivity index (χ1n) is 6.50. The smallest absolute Gasteiger partial charge is 0.273 e. The van der Waals surface area contributed by atoms with Gasteiger partial charge in [-0.1, -0.05) is 6.92 Å². The maximum atomic E-state index is 12.4. The zero-order chi connectivity index (χ0) is 13.1. The highest BCUT2D eigenvalue weighted by molar-refractivity contribution is 5.96. The summed E-state index contributed by atoms with van der Waals surface area (Å²) < 4.78 is 5.10. The average Bonchev–Trinajstić information content (AvgIpc) is 2.78. The predicted octanol–water partition coefficient (Wildman–Crippen LogP) is 1.13. The largest absolute Gasteiger partial charge is 0.337 e. The van der Waals surface area contributed by atoms with E-state index < -0.39 is 0 Å². The lowest BCUT2D eigenvalue weighted by Crippen LogP contribution is -2.47. The van der Waals surface area contributed by atoms with Crippen molar-refractivity contribution in [1.82, 2.24) is 15.5 Å². The van der Waals surface area contributed by atoms with Crippen LogP contribution in [0.15, 0.2) is 4.52 Å². The molecule has 1 saturated heterocycles. The molecule has 1 amide bonds. The molecule has 2 rings (SSSR count). The molecule has 2 heterocycles. The molecule has 0 spiro atoms. The molecule has 18 heavy (non-hydrogen) atoms. The number of aromatic nitrogens is 2. The van der Waals surface area contributed by atoms with Crippen LogP contribution >= 0.6 is 0 Å². The third-order valence-corrected chi connectivity index (χ3v) is 3.41. The van der Waals surface area contributed by atoms with E-state index in [9.17, 15) is 4.79 Å². The van der Waals surface area contributed by atoms with Crippen molar-refractivity contribution >= 4 is 11.9 Å². The molecule has 100 valence electrons. The summed E-state index contributed by atoms with van der Waals surface area (Å²) in [4.78, 5) is 18.4. The lowest BCUT2D eigenvalue weighted by molar-refractivity contribution is -0.120. The Morgan fingerprint density at radius 2 is 2.28 bits per heavy atom. The number of nitrogens with zero attached hydrogens (tertiary/aromatic N) is 3. The van der Waals surface area contributed by atoms with Gasteiger partial charge in [0.15, 0.2) is 0 Å². The number of likely N-dealkylation sites (N-methyl/N-ethyl adjacent to an activating group) is 1. The fourth-order valence-corrected chi connectivity index (χ4v) is 2.31. The van der Waals surface area contributed by atoms with Crippen molar-refractivity contribution in [2.24, 2.45) is 0 Å². The molecule has 2 atom stereocenters. The molecule has 0 aliphatic carbocycles. The van der Waals surface area contributed by atoms with Gasteiger partial charge in [-0.3, -0.25) is 9.69 Å². The Bertz CT molecular complexity index is 418. The number of rotatable bonds is 3. The van der Waals surface area contributed by atoms with Crippen molar-refractivity contribution in [3.8, 4) is 0 Å². The summed E-state index contributed by atoms with van der Waals surface area (Å²) in [5, 5.41) is 6.97. The van der Waals surface area contributed by atoms with Gasteiger partial charge in [0.2, 0.25) is 11.8 Å². The summed E-state index contributed by atoms with van der Waals surface area (Å²) in [5.41, 5.74) is 0. The molecule has 1 aliphatic rings. The molecule has 6 heteroatoms. The molecule has 0 radical (unpaired) electrons. The van der Waals surface area contributed by atoms with E-state index >= 15 is 0 Å². The zero-order valence-corrected chi connectivity index (χ0v) is 11.1. The van der Waals surface area contributed by atoms with Gasteiger partial charge in [0.25, 0.3) is 5.95 Å². The van der Waals surface area contributed by atoms with Crippen LogP contribution in [0.2, 0.25) is 0 Å². The lowest BCUT2D eigenvalue weighted by Gasteiger charge is -2.25. The highest BCUT2D eigenvalue weighted by atomic mass is 16.5. The minimum Gasteiger partial charge on any atom is -0.337 e. The number of carbonyl (C=O) groups is 1. The summed E-state index contributed by atoms with van der Waals surface area (Å²) >= 11 is 0. The van der Waals surface area contributed by atoms with Crippen molar-refractivity contribution in [3.63, 3.8) is 0 Å². The van der Waals surface area contributed by atoms with Gasteiger partial charge in [-0.05, 0) is 38.4 Å². The van der Waals surface area contributed by atoms with Crippen LogP contribution in [0.3, 0.4) is 0 Å². The second kappa shape index (κ2) is 5.48. The fourth-order valence-electron chi connectivity index (χ4n) is 2.31. The second-order valence-electron chi connectivity index (χ2n) is 4.67. The van der Waals surface area contributed by atoms with Crippen LogP contribution < -0.4 is 10.2 Å². The highest BCUT2D eigenvalue weighted by Gasteiger charge is 2.33. The molecule has 0 bridgehead atoms. The average molecular weight is 252 g/mol. The molecule has 2 unspecified atom stereocenters. The number of hydrogen-bond acceptors (Lipinski definition) is 5.